The fourth-order valence-electron chi connectivity index (χ4n) is 0. The predicted molar refractivity (Wildman–Crippen MR) is 37.7 cm³/mol. The van der Waals surface area contributed by atoms with E-state index in [0.29, 0.717) is 0 Å². The molecular formula is H10Al2K2OSn2Zn2. The van der Waals surface area contributed by atoms with Crippen molar-refractivity contribution < 1.29 is 147 Å². The van der Waals surface area contributed by atoms with Crippen LogP contribution in [0.15, 0.2) is 0 Å². The standard InChI is InChI=1S/2Al.2K.O.2Sn.2Zn.10H/q;;2*+1;-2;;;;;;;;;;;;;;. The van der Waals surface area contributed by atoms with Crippen molar-refractivity contribution in [3.63, 3.8) is 0 Å². The summed E-state index contributed by atoms with van der Waals surface area (Å²) in [4.78, 5) is 0. The van der Waals surface area contributed by atoms with E-state index in [1.165, 1.54) is 0 Å². The van der Waals surface area contributed by atoms with Crippen molar-refractivity contribution in [1.82, 2.24) is 0 Å². The van der Waals surface area contributed by atoms with Crippen LogP contribution in [0.2, 0.25) is 0 Å². The molecule has 0 heterocycles. The summed E-state index contributed by atoms with van der Waals surface area (Å²) in [6.45, 7) is 0. The third-order valence-electron chi connectivity index (χ3n) is 0. The summed E-state index contributed by atoms with van der Waals surface area (Å²) in [5, 5.41) is 0. The molecule has 1 nitrogen and oxygen atoms in total. The zero-order chi connectivity index (χ0) is 0. The van der Waals surface area contributed by atoms with Crippen LogP contribution in [0.3, 0.4) is 0 Å². The van der Waals surface area contributed by atoms with E-state index in [1.54, 1.807) is 0 Å². The molecule has 9 heteroatoms. The van der Waals surface area contributed by atoms with E-state index >= 15 is 0 Å². The molecule has 36 valence electrons. The van der Waals surface area contributed by atoms with Crippen LogP contribution in [0.1, 0.15) is 0 Å². The van der Waals surface area contributed by atoms with Gasteiger partial charge in [-0.3, -0.25) is 0 Å². The van der Waals surface area contributed by atoms with E-state index in [0.717, 1.165) is 0 Å². The van der Waals surface area contributed by atoms with Gasteiger partial charge in [-0.1, -0.05) is 0 Å². The Balaban J connectivity index is 0. The van der Waals surface area contributed by atoms with E-state index in [9.17, 15) is 0 Å². The first-order valence-electron chi connectivity index (χ1n) is 0. The molecule has 0 spiro atoms. The molecule has 9 heavy (non-hydrogen) atoms. The number of rotatable bonds is 0. The fraction of sp³-hybridized carbons (Fsp3) is 0. The minimum absolute atomic E-state index is 0. The van der Waals surface area contributed by atoms with Crippen molar-refractivity contribution in [2.24, 2.45) is 0 Å². The first-order valence-corrected chi connectivity index (χ1v) is 0. The molecule has 0 saturated carbocycles. The summed E-state index contributed by atoms with van der Waals surface area (Å²) in [7, 11) is 0. The van der Waals surface area contributed by atoms with Gasteiger partial charge >= 0.3 is 151 Å². The van der Waals surface area contributed by atoms with Crippen LogP contribution in [0.5, 0.6) is 0 Å². The molecule has 0 bridgehead atoms. The molecule has 0 aliphatic rings. The van der Waals surface area contributed by atoms with E-state index in [-0.39, 0.29) is 230 Å². The Morgan fingerprint density at radius 2 is 0.556 bits per heavy atom. The maximum Gasteiger partial charge on any atom is 0 e. The molecule has 4 radical (unpaired) electrons. The average molecular weight is 526 g/mol. The van der Waals surface area contributed by atoms with Gasteiger partial charge in [0.2, 0.25) is 0 Å². The maximum atomic E-state index is 0. The molecule has 0 fully saturated rings. The molecule has 0 aromatic rings. The third-order valence-corrected chi connectivity index (χ3v) is 0. The van der Waals surface area contributed by atoms with Gasteiger partial charge in [-0.25, -0.2) is 0 Å². The molecule has 0 aromatic heterocycles. The molecule has 0 amide bonds. The van der Waals surface area contributed by atoms with Crippen LogP contribution in [0, 0.1) is 0 Å². The Labute approximate surface area is 222 Å². The molecule has 0 aromatic carbocycles. The minimum atomic E-state index is 0. The van der Waals surface area contributed by atoms with Crippen LogP contribution in [0.4, 0.5) is 0 Å². The topological polar surface area (TPSA) is 28.5 Å². The second-order valence-corrected chi connectivity index (χ2v) is 0. The van der Waals surface area contributed by atoms with Crippen molar-refractivity contribution in [3.8, 4) is 0 Å². The van der Waals surface area contributed by atoms with Gasteiger partial charge in [0.05, 0.1) is 0 Å². The monoisotopic (exact) mass is 526 g/mol. The van der Waals surface area contributed by atoms with Crippen LogP contribution in [-0.2, 0) is 44.4 Å². The van der Waals surface area contributed by atoms with Crippen molar-refractivity contribution in [3.05, 3.63) is 0 Å². The van der Waals surface area contributed by atoms with Crippen LogP contribution < -0.4 is 103 Å². The average Bonchev–Trinajstić information content (AvgIpc) is 0. The van der Waals surface area contributed by atoms with Crippen molar-refractivity contribution in [1.29, 1.82) is 0 Å². The van der Waals surface area contributed by atoms with E-state index in [2.05, 4.69) is 0 Å². The molecular weight excluding hydrogens is 516 g/mol. The normalized spacial score (nSPS) is 0. The Morgan fingerprint density at radius 1 is 0.556 bits per heavy atom. The smallest absolute Gasteiger partial charge is 0 e. The SMILES string of the molecule is [AlH3].[AlH3].[K+].[K+].[O-2].[SnH2].[SnH2].[Zn].[Zn]. The Kier molecular flexibility index (Phi) is 479. The zero-order valence-corrected chi connectivity index (χ0v) is 25.5. The quantitative estimate of drug-likeness (QED) is 0.281. The Hall–Kier alpha value is 7.14. The van der Waals surface area contributed by atoms with E-state index in [4.69, 9.17) is 0 Å². The van der Waals surface area contributed by atoms with Gasteiger partial charge in [0.25, 0.3) is 0 Å². The Bertz CT molecular complexity index is 20.5. The van der Waals surface area contributed by atoms with Crippen molar-refractivity contribution >= 4 is 82.5 Å². The first-order chi connectivity index (χ1) is 0. The molecule has 0 N–H and O–H groups in total. The van der Waals surface area contributed by atoms with Gasteiger partial charge in [-0.15, -0.1) is 0 Å². The number of hydrogen-bond donors (Lipinski definition) is 0. The van der Waals surface area contributed by atoms with E-state index < -0.39 is 0 Å². The number of hydrogen-bond acceptors (Lipinski definition) is 0. The second kappa shape index (κ2) is 59.4. The van der Waals surface area contributed by atoms with Gasteiger partial charge in [0, 0.05) is 39.0 Å². The minimum Gasteiger partial charge on any atom is 0 e. The molecule has 0 atom stereocenters. The predicted octanol–water partition coefficient (Wildman–Crippen LogP) is -10.3. The summed E-state index contributed by atoms with van der Waals surface area (Å²) in [5.41, 5.74) is 0. The van der Waals surface area contributed by atoms with Gasteiger partial charge in [-0.05, 0) is 0 Å². The zero-order valence-electron chi connectivity index (χ0n) is 5.24. The molecule has 0 aliphatic heterocycles. The fourth-order valence-corrected chi connectivity index (χ4v) is 0. The third kappa shape index (κ3) is 51.3. The van der Waals surface area contributed by atoms with Crippen LogP contribution >= 0.6 is 0 Å². The summed E-state index contributed by atoms with van der Waals surface area (Å²) < 4.78 is 0. The van der Waals surface area contributed by atoms with Crippen LogP contribution in [-0.4, -0.2) is 82.5 Å². The molecule has 0 unspecified atom stereocenters. The summed E-state index contributed by atoms with van der Waals surface area (Å²) >= 11 is 0. The largest absolute Gasteiger partial charge is 0 e. The summed E-state index contributed by atoms with van der Waals surface area (Å²) in [6.07, 6.45) is 0. The van der Waals surface area contributed by atoms with Gasteiger partial charge in [0.1, 0.15) is 0 Å². The van der Waals surface area contributed by atoms with Crippen molar-refractivity contribution in [2.45, 2.75) is 0 Å². The molecule has 0 rings (SSSR count). The van der Waals surface area contributed by atoms with E-state index in [1.807, 2.05) is 0 Å². The van der Waals surface area contributed by atoms with Crippen molar-refractivity contribution in [2.75, 3.05) is 0 Å². The Morgan fingerprint density at radius 3 is 0.556 bits per heavy atom. The second-order valence-electron chi connectivity index (χ2n) is 0. The first kappa shape index (κ1) is 72.6. The molecule has 0 saturated heterocycles. The van der Waals surface area contributed by atoms with Gasteiger partial charge in [-0.2, -0.15) is 0 Å². The van der Waals surface area contributed by atoms with Gasteiger partial charge in [0.15, 0.2) is 34.7 Å². The molecule has 0 aliphatic carbocycles. The summed E-state index contributed by atoms with van der Waals surface area (Å²) in [5.74, 6) is 0. The maximum absolute atomic E-state index is 0. The van der Waals surface area contributed by atoms with Gasteiger partial charge < -0.3 is 5.48 Å². The van der Waals surface area contributed by atoms with Crippen LogP contribution in [0.25, 0.3) is 0 Å². The summed E-state index contributed by atoms with van der Waals surface area (Å²) in [6, 6.07) is 0.